The summed E-state index contributed by atoms with van der Waals surface area (Å²) in [5.74, 6) is 0. The number of nitrogens with one attached hydrogen (secondary N) is 2. The SMILES string of the molecule is CCc1cccc(C)c1NC(=O)NS/N=C/c1ccc2c(ccc3c2ncn3-c2ccc(C(F)(F)F)cc2)c1. The number of anilines is 1. The first-order chi connectivity index (χ1) is 18.7. The first-order valence-electron chi connectivity index (χ1n) is 12.2. The zero-order valence-corrected chi connectivity index (χ0v) is 21.9. The maximum atomic E-state index is 12.9. The second-order valence-corrected chi connectivity index (χ2v) is 9.52. The molecule has 0 fully saturated rings. The first-order valence-corrected chi connectivity index (χ1v) is 12.9. The normalized spacial score (nSPS) is 11.9. The highest BCUT2D eigenvalue weighted by Crippen LogP contribution is 2.31. The number of aryl methyl sites for hydroxylation is 2. The Morgan fingerprint density at radius 2 is 1.87 bits per heavy atom. The van der Waals surface area contributed by atoms with E-state index in [2.05, 4.69) is 19.4 Å². The average Bonchev–Trinajstić information content (AvgIpc) is 3.36. The van der Waals surface area contributed by atoms with Crippen molar-refractivity contribution < 1.29 is 18.0 Å². The number of rotatable bonds is 6. The highest BCUT2D eigenvalue weighted by molar-refractivity contribution is 7.96. The molecular weight excluding hydrogens is 523 g/mol. The topological polar surface area (TPSA) is 71.3 Å². The Morgan fingerprint density at radius 3 is 2.62 bits per heavy atom. The molecule has 4 aromatic carbocycles. The minimum atomic E-state index is -4.38. The largest absolute Gasteiger partial charge is 0.416 e. The van der Waals surface area contributed by atoms with Crippen LogP contribution in [0.2, 0.25) is 0 Å². The molecule has 5 rings (SSSR count). The fraction of sp³-hybridized carbons (Fsp3) is 0.138. The molecule has 0 unspecified atom stereocenters. The van der Waals surface area contributed by atoms with Crippen molar-refractivity contribution in [2.45, 2.75) is 26.4 Å². The molecule has 1 aromatic heterocycles. The summed E-state index contributed by atoms with van der Waals surface area (Å²) in [5.41, 5.74) is 5.13. The lowest BCUT2D eigenvalue weighted by atomic mass is 10.1. The molecule has 0 bridgehead atoms. The highest BCUT2D eigenvalue weighted by atomic mass is 32.2. The molecule has 0 aliphatic rings. The lowest BCUT2D eigenvalue weighted by molar-refractivity contribution is -0.137. The number of benzene rings is 4. The minimum absolute atomic E-state index is 0.356. The molecule has 6 nitrogen and oxygen atoms in total. The summed E-state index contributed by atoms with van der Waals surface area (Å²) in [6, 6.07) is 20.1. The van der Waals surface area contributed by atoms with Gasteiger partial charge in [-0.1, -0.05) is 43.3 Å². The second-order valence-electron chi connectivity index (χ2n) is 8.92. The number of imidazole rings is 1. The molecular formula is C29H24F3N5OS. The van der Waals surface area contributed by atoms with Gasteiger partial charge in [0.25, 0.3) is 0 Å². The Kier molecular flexibility index (Phi) is 7.30. The van der Waals surface area contributed by atoms with Crippen LogP contribution in [0.1, 0.15) is 29.2 Å². The standard InChI is InChI=1S/C29H24F3N5OS/c1-3-20-6-4-5-18(2)26(20)35-28(38)36-39-34-16-19-7-13-24-21(15-19)8-14-25-27(24)33-17-37(25)23-11-9-22(10-12-23)29(30,31)32/h4-17H,3H2,1-2H3,(H2,35,36,38)/b34-16+. The van der Waals surface area contributed by atoms with Crippen molar-refractivity contribution in [2.24, 2.45) is 4.40 Å². The van der Waals surface area contributed by atoms with Crippen LogP contribution in [0.15, 0.2) is 83.5 Å². The predicted molar refractivity (Wildman–Crippen MR) is 151 cm³/mol. The molecule has 2 amide bonds. The monoisotopic (exact) mass is 547 g/mol. The van der Waals surface area contributed by atoms with E-state index in [9.17, 15) is 18.0 Å². The Balaban J connectivity index is 1.28. The van der Waals surface area contributed by atoms with Gasteiger partial charge in [-0.3, -0.25) is 9.29 Å². The number of urea groups is 1. The van der Waals surface area contributed by atoms with Crippen molar-refractivity contribution in [3.05, 3.63) is 101 Å². The summed E-state index contributed by atoms with van der Waals surface area (Å²) in [7, 11) is 0. The average molecular weight is 548 g/mol. The van der Waals surface area contributed by atoms with Crippen LogP contribution in [0.25, 0.3) is 27.5 Å². The van der Waals surface area contributed by atoms with Gasteiger partial charge in [-0.25, -0.2) is 14.2 Å². The molecule has 0 atom stereocenters. The summed E-state index contributed by atoms with van der Waals surface area (Å²) in [4.78, 5) is 16.9. The van der Waals surface area contributed by atoms with Crippen LogP contribution in [0.3, 0.4) is 0 Å². The number of para-hydroxylation sites is 1. The number of amides is 2. The van der Waals surface area contributed by atoms with E-state index >= 15 is 0 Å². The van der Waals surface area contributed by atoms with Gasteiger partial charge in [0.2, 0.25) is 0 Å². The molecule has 1 heterocycles. The van der Waals surface area contributed by atoms with Crippen molar-refractivity contribution >= 4 is 51.9 Å². The molecule has 0 saturated heterocycles. The van der Waals surface area contributed by atoms with Crippen molar-refractivity contribution in [3.8, 4) is 5.69 Å². The smallest absolute Gasteiger partial charge is 0.307 e. The summed E-state index contributed by atoms with van der Waals surface area (Å²) in [5, 5.41) is 4.73. The summed E-state index contributed by atoms with van der Waals surface area (Å²) >= 11 is 0.927. The van der Waals surface area contributed by atoms with E-state index < -0.39 is 11.7 Å². The van der Waals surface area contributed by atoms with E-state index in [4.69, 9.17) is 0 Å². The zero-order valence-electron chi connectivity index (χ0n) is 21.1. The van der Waals surface area contributed by atoms with Gasteiger partial charge in [0.15, 0.2) is 0 Å². The van der Waals surface area contributed by atoms with Crippen LogP contribution in [0, 0.1) is 6.92 Å². The number of fused-ring (bicyclic) bond motifs is 3. The Hall–Kier alpha value is -4.31. The van der Waals surface area contributed by atoms with Gasteiger partial charge in [-0.2, -0.15) is 13.2 Å². The molecule has 2 N–H and O–H groups in total. The summed E-state index contributed by atoms with van der Waals surface area (Å²) in [6.45, 7) is 3.99. The number of alkyl halides is 3. The van der Waals surface area contributed by atoms with Gasteiger partial charge in [-0.05, 0) is 71.8 Å². The molecule has 0 aliphatic carbocycles. The van der Waals surface area contributed by atoms with Gasteiger partial charge in [0.1, 0.15) is 6.33 Å². The van der Waals surface area contributed by atoms with Crippen LogP contribution < -0.4 is 10.0 Å². The van der Waals surface area contributed by atoms with Crippen LogP contribution in [-0.2, 0) is 12.6 Å². The fourth-order valence-electron chi connectivity index (χ4n) is 4.42. The van der Waals surface area contributed by atoms with E-state index in [1.807, 2.05) is 62.4 Å². The van der Waals surface area contributed by atoms with E-state index in [-0.39, 0.29) is 6.03 Å². The number of nitrogens with zero attached hydrogens (tertiary/aromatic N) is 3. The third-order valence-corrected chi connectivity index (χ3v) is 6.89. The third kappa shape index (κ3) is 5.61. The fourth-order valence-corrected chi connectivity index (χ4v) is 4.78. The maximum absolute atomic E-state index is 12.9. The molecule has 0 spiro atoms. The second kappa shape index (κ2) is 10.8. The summed E-state index contributed by atoms with van der Waals surface area (Å²) < 4.78 is 47.4. The van der Waals surface area contributed by atoms with E-state index in [1.165, 1.54) is 12.1 Å². The molecule has 39 heavy (non-hydrogen) atoms. The number of halogens is 3. The van der Waals surface area contributed by atoms with E-state index in [0.717, 1.165) is 74.9 Å². The van der Waals surface area contributed by atoms with E-state index in [1.54, 1.807) is 17.1 Å². The van der Waals surface area contributed by atoms with Crippen LogP contribution >= 0.6 is 12.1 Å². The molecule has 5 aromatic rings. The Labute approximate surface area is 227 Å². The van der Waals surface area contributed by atoms with E-state index in [0.29, 0.717) is 5.69 Å². The lowest BCUT2D eigenvalue weighted by Crippen LogP contribution is -2.23. The number of hydrogen-bond acceptors (Lipinski definition) is 4. The first kappa shape index (κ1) is 26.3. The van der Waals surface area contributed by atoms with Crippen molar-refractivity contribution in [2.75, 3.05) is 5.32 Å². The van der Waals surface area contributed by atoms with Crippen molar-refractivity contribution in [1.29, 1.82) is 0 Å². The molecule has 0 saturated carbocycles. The van der Waals surface area contributed by atoms with Gasteiger partial charge in [-0.15, -0.1) is 0 Å². The predicted octanol–water partition coefficient (Wildman–Crippen LogP) is 7.87. The lowest BCUT2D eigenvalue weighted by Gasteiger charge is -2.12. The van der Waals surface area contributed by atoms with Gasteiger partial charge < -0.3 is 5.32 Å². The van der Waals surface area contributed by atoms with Crippen LogP contribution in [0.5, 0.6) is 0 Å². The number of aromatic nitrogens is 2. The quantitative estimate of drug-likeness (QED) is 0.168. The van der Waals surface area contributed by atoms with Gasteiger partial charge in [0.05, 0.1) is 28.7 Å². The maximum Gasteiger partial charge on any atom is 0.416 e. The minimum Gasteiger partial charge on any atom is -0.307 e. The number of hydrogen-bond donors (Lipinski definition) is 2. The molecule has 0 aliphatic heterocycles. The molecule has 198 valence electrons. The number of carbonyl (C=O) groups is 1. The summed E-state index contributed by atoms with van der Waals surface area (Å²) in [6.07, 6.45) is -0.309. The van der Waals surface area contributed by atoms with Crippen LogP contribution in [-0.4, -0.2) is 21.8 Å². The number of carbonyl (C=O) groups excluding carboxylic acids is 1. The third-order valence-electron chi connectivity index (χ3n) is 6.40. The van der Waals surface area contributed by atoms with Crippen molar-refractivity contribution in [3.63, 3.8) is 0 Å². The highest BCUT2D eigenvalue weighted by Gasteiger charge is 2.30. The Bertz CT molecular complexity index is 1690. The van der Waals surface area contributed by atoms with Crippen LogP contribution in [0.4, 0.5) is 23.7 Å². The Morgan fingerprint density at radius 1 is 1.08 bits per heavy atom. The molecule has 10 heteroatoms. The zero-order chi connectivity index (χ0) is 27.6. The molecule has 0 radical (unpaired) electrons. The van der Waals surface area contributed by atoms with Gasteiger partial charge in [0, 0.05) is 23.0 Å². The van der Waals surface area contributed by atoms with Crippen molar-refractivity contribution in [1.82, 2.24) is 14.3 Å². The van der Waals surface area contributed by atoms with Gasteiger partial charge >= 0.3 is 12.2 Å².